The smallest absolute Gasteiger partial charge is 0.231 e. The van der Waals surface area contributed by atoms with Gasteiger partial charge in [0.05, 0.1) is 5.75 Å². The molecule has 24 heavy (non-hydrogen) atoms. The number of amides is 1. The lowest BCUT2D eigenvalue weighted by molar-refractivity contribution is -0.118. The summed E-state index contributed by atoms with van der Waals surface area (Å²) in [5.74, 6) is 0.280. The first-order valence-electron chi connectivity index (χ1n) is 7.45. The van der Waals surface area contributed by atoms with E-state index in [0.717, 1.165) is 16.1 Å². The monoisotopic (exact) mass is 354 g/mol. The van der Waals surface area contributed by atoms with Gasteiger partial charge in [-0.25, -0.2) is 4.98 Å². The number of carbonyl (C=O) groups is 1. The van der Waals surface area contributed by atoms with Gasteiger partial charge in [-0.2, -0.15) is 0 Å². The first-order valence-corrected chi connectivity index (χ1v) is 9.25. The quantitative estimate of drug-likeness (QED) is 0.755. The van der Waals surface area contributed by atoms with E-state index in [-0.39, 0.29) is 11.8 Å². The molecule has 1 atom stereocenters. The van der Waals surface area contributed by atoms with Crippen LogP contribution in [0.15, 0.2) is 60.7 Å². The van der Waals surface area contributed by atoms with Crippen LogP contribution in [-0.2, 0) is 9.67 Å². The fourth-order valence-electron chi connectivity index (χ4n) is 2.77. The summed E-state index contributed by atoms with van der Waals surface area (Å²) in [5, 5.41) is 14.3. The van der Waals surface area contributed by atoms with E-state index >= 15 is 0 Å². The lowest BCUT2D eigenvalue weighted by atomic mass is 10.0. The highest BCUT2D eigenvalue weighted by atomic mass is 32.2. The number of rotatable bonds is 3. The molecular formula is C18H14N2O2S2. The van der Waals surface area contributed by atoms with E-state index < -0.39 is 4.87 Å². The Morgan fingerprint density at radius 2 is 1.71 bits per heavy atom. The first kappa shape index (κ1) is 15.2. The van der Waals surface area contributed by atoms with E-state index in [4.69, 9.17) is 0 Å². The molecule has 1 aliphatic heterocycles. The Kier molecular flexibility index (Phi) is 3.78. The van der Waals surface area contributed by atoms with Crippen LogP contribution in [0.25, 0.3) is 10.6 Å². The van der Waals surface area contributed by atoms with Crippen molar-refractivity contribution in [1.82, 2.24) is 10.3 Å². The molecule has 0 radical (unpaired) electrons. The lowest BCUT2D eigenvalue weighted by Gasteiger charge is -2.27. The van der Waals surface area contributed by atoms with E-state index in [1.165, 1.54) is 23.1 Å². The van der Waals surface area contributed by atoms with Gasteiger partial charge in [-0.05, 0) is 5.56 Å². The van der Waals surface area contributed by atoms with Gasteiger partial charge in [0.1, 0.15) is 9.88 Å². The molecule has 1 saturated heterocycles. The largest absolute Gasteiger partial charge is 0.492 e. The molecule has 1 fully saturated rings. The average Bonchev–Trinajstić information content (AvgIpc) is 3.20. The molecule has 4 rings (SSSR count). The van der Waals surface area contributed by atoms with E-state index in [0.29, 0.717) is 10.6 Å². The highest BCUT2D eigenvalue weighted by molar-refractivity contribution is 8.01. The zero-order valence-corrected chi connectivity index (χ0v) is 14.2. The Bertz CT molecular complexity index is 881. The Hall–Kier alpha value is -2.31. The van der Waals surface area contributed by atoms with Gasteiger partial charge in [0.2, 0.25) is 11.8 Å². The summed E-state index contributed by atoms with van der Waals surface area (Å²) >= 11 is 2.89. The number of nitrogens with one attached hydrogen (secondary N) is 1. The molecule has 1 amide bonds. The predicted octanol–water partition coefficient (Wildman–Crippen LogP) is 3.58. The number of nitrogens with zero attached hydrogens (tertiary/aromatic N) is 1. The SMILES string of the molecule is O=C1CS[C@](c2ccccc2)(c2sc(-c3ccccc3)nc2O)N1. The van der Waals surface area contributed by atoms with Crippen molar-refractivity contribution >= 4 is 29.0 Å². The van der Waals surface area contributed by atoms with Gasteiger partial charge in [0.15, 0.2) is 4.87 Å². The van der Waals surface area contributed by atoms with Crippen molar-refractivity contribution in [3.63, 3.8) is 0 Å². The molecule has 0 aliphatic carbocycles. The zero-order valence-electron chi connectivity index (χ0n) is 12.6. The zero-order chi connectivity index (χ0) is 16.6. The molecular weight excluding hydrogens is 340 g/mol. The van der Waals surface area contributed by atoms with Crippen LogP contribution >= 0.6 is 23.1 Å². The van der Waals surface area contributed by atoms with Gasteiger partial charge >= 0.3 is 0 Å². The predicted molar refractivity (Wildman–Crippen MR) is 97.0 cm³/mol. The number of hydrogen-bond acceptors (Lipinski definition) is 5. The molecule has 0 saturated carbocycles. The number of benzene rings is 2. The van der Waals surface area contributed by atoms with Gasteiger partial charge in [-0.15, -0.1) is 23.1 Å². The molecule has 4 nitrogen and oxygen atoms in total. The third-order valence-corrected chi connectivity index (χ3v) is 6.59. The molecule has 2 aromatic carbocycles. The minimum absolute atomic E-state index is 0.0302. The highest BCUT2D eigenvalue weighted by Crippen LogP contribution is 2.50. The summed E-state index contributed by atoms with van der Waals surface area (Å²) in [7, 11) is 0. The number of thioether (sulfide) groups is 1. The molecule has 1 aliphatic rings. The van der Waals surface area contributed by atoms with E-state index in [1.54, 1.807) is 0 Å². The van der Waals surface area contributed by atoms with E-state index in [9.17, 15) is 9.90 Å². The van der Waals surface area contributed by atoms with Crippen LogP contribution in [0.3, 0.4) is 0 Å². The summed E-state index contributed by atoms with van der Waals surface area (Å²) in [6, 6.07) is 19.4. The number of thiazole rings is 1. The molecule has 120 valence electrons. The Morgan fingerprint density at radius 3 is 2.33 bits per heavy atom. The van der Waals surface area contributed by atoms with Crippen LogP contribution in [0.2, 0.25) is 0 Å². The summed E-state index contributed by atoms with van der Waals surface area (Å²) in [6.45, 7) is 0. The van der Waals surface area contributed by atoms with Gasteiger partial charge < -0.3 is 10.4 Å². The van der Waals surface area contributed by atoms with Crippen molar-refractivity contribution in [3.8, 4) is 16.5 Å². The van der Waals surface area contributed by atoms with Crippen molar-refractivity contribution < 1.29 is 9.90 Å². The van der Waals surface area contributed by atoms with E-state index in [2.05, 4.69) is 10.3 Å². The Morgan fingerprint density at radius 1 is 1.04 bits per heavy atom. The first-order chi connectivity index (χ1) is 11.7. The van der Waals surface area contributed by atoms with Gasteiger partial charge in [-0.3, -0.25) is 4.79 Å². The Labute approximate surface area is 147 Å². The fraction of sp³-hybridized carbons (Fsp3) is 0.111. The molecule has 2 heterocycles. The maximum Gasteiger partial charge on any atom is 0.231 e. The highest BCUT2D eigenvalue weighted by Gasteiger charge is 2.45. The standard InChI is InChI=1S/C18H14N2O2S2/c21-14-11-23-18(20-14,13-9-5-2-6-10-13)15-16(22)19-17(24-15)12-7-3-1-4-8-12/h1-10,22H,11H2,(H,20,21)/t18-/m1/s1. The van der Waals surface area contributed by atoms with Crippen LogP contribution in [-0.4, -0.2) is 21.8 Å². The second-order valence-corrected chi connectivity index (χ2v) is 7.61. The minimum Gasteiger partial charge on any atom is -0.492 e. The van der Waals surface area contributed by atoms with E-state index in [1.807, 2.05) is 60.7 Å². The van der Waals surface area contributed by atoms with Crippen LogP contribution in [0.4, 0.5) is 0 Å². The van der Waals surface area contributed by atoms with Crippen molar-refractivity contribution in [2.24, 2.45) is 0 Å². The van der Waals surface area contributed by atoms with Crippen LogP contribution in [0.5, 0.6) is 5.88 Å². The summed E-state index contributed by atoms with van der Waals surface area (Å²) < 4.78 is 0. The fourth-order valence-corrected chi connectivity index (χ4v) is 5.23. The second kappa shape index (κ2) is 5.96. The van der Waals surface area contributed by atoms with Gasteiger partial charge in [0.25, 0.3) is 0 Å². The van der Waals surface area contributed by atoms with Gasteiger partial charge in [-0.1, -0.05) is 60.7 Å². The van der Waals surface area contributed by atoms with Crippen molar-refractivity contribution in [3.05, 3.63) is 71.1 Å². The third kappa shape index (κ3) is 2.48. The maximum atomic E-state index is 12.0. The topological polar surface area (TPSA) is 62.2 Å². The van der Waals surface area contributed by atoms with Crippen molar-refractivity contribution in [1.29, 1.82) is 0 Å². The normalized spacial score (nSPS) is 20.1. The van der Waals surface area contributed by atoms with Crippen molar-refractivity contribution in [2.75, 3.05) is 5.75 Å². The number of hydrogen-bond donors (Lipinski definition) is 2. The van der Waals surface area contributed by atoms with Gasteiger partial charge in [0, 0.05) is 5.56 Å². The number of aromatic hydroxyl groups is 1. The molecule has 1 aromatic heterocycles. The molecule has 2 N–H and O–H groups in total. The molecule has 6 heteroatoms. The average molecular weight is 354 g/mol. The molecule has 0 spiro atoms. The lowest BCUT2D eigenvalue weighted by Crippen LogP contribution is -2.37. The van der Waals surface area contributed by atoms with Crippen LogP contribution < -0.4 is 5.32 Å². The second-order valence-electron chi connectivity index (χ2n) is 5.42. The minimum atomic E-state index is -0.785. The third-order valence-electron chi connectivity index (χ3n) is 3.87. The molecule has 0 unspecified atom stereocenters. The molecule has 0 bridgehead atoms. The summed E-state index contributed by atoms with van der Waals surface area (Å²) in [4.78, 5) is 16.2. The summed E-state index contributed by atoms with van der Waals surface area (Å²) in [6.07, 6.45) is 0. The number of carbonyl (C=O) groups excluding carboxylic acids is 1. The van der Waals surface area contributed by atoms with Crippen molar-refractivity contribution in [2.45, 2.75) is 4.87 Å². The molecule has 3 aromatic rings. The van der Waals surface area contributed by atoms with Crippen LogP contribution in [0.1, 0.15) is 10.4 Å². The number of aromatic nitrogens is 1. The summed E-state index contributed by atoms with van der Waals surface area (Å²) in [5.41, 5.74) is 1.88. The Balaban J connectivity index is 1.86. The maximum absolute atomic E-state index is 12.0. The van der Waals surface area contributed by atoms with Crippen LogP contribution in [0, 0.1) is 0 Å².